The van der Waals surface area contributed by atoms with Gasteiger partial charge in [-0.15, -0.1) is 0 Å². The molecule has 0 radical (unpaired) electrons. The SMILES string of the molecule is CN(C)CC(O)Cn1nc2c(c1C(=O)N(C)C)CCc1cnccc1-2.O=C(O)C(F)(F)F. The first-order valence-corrected chi connectivity index (χ1v) is 9.70. The van der Waals surface area contributed by atoms with Gasteiger partial charge in [-0.2, -0.15) is 18.3 Å². The van der Waals surface area contributed by atoms with Gasteiger partial charge in [0.1, 0.15) is 5.69 Å². The van der Waals surface area contributed by atoms with Gasteiger partial charge in [0, 0.05) is 44.2 Å². The summed E-state index contributed by atoms with van der Waals surface area (Å²) in [5.41, 5.74) is 4.57. The number of carboxylic acid groups (broad SMARTS) is 1. The molecule has 2 aromatic rings. The summed E-state index contributed by atoms with van der Waals surface area (Å²) in [6.07, 6.45) is -0.461. The first-order valence-electron chi connectivity index (χ1n) is 9.70. The molecule has 3 rings (SSSR count). The number of hydrogen-bond donors (Lipinski definition) is 2. The van der Waals surface area contributed by atoms with E-state index in [1.165, 1.54) is 0 Å². The van der Waals surface area contributed by atoms with E-state index in [-0.39, 0.29) is 5.91 Å². The number of likely N-dealkylation sites (N-methyl/N-ethyl adjacent to an activating group) is 1. The number of hydrogen-bond acceptors (Lipinski definition) is 6. The van der Waals surface area contributed by atoms with E-state index in [4.69, 9.17) is 15.0 Å². The van der Waals surface area contributed by atoms with Crippen LogP contribution in [0.25, 0.3) is 11.3 Å². The van der Waals surface area contributed by atoms with Crippen molar-refractivity contribution >= 4 is 11.9 Å². The summed E-state index contributed by atoms with van der Waals surface area (Å²) in [5, 5.41) is 22.2. The molecule has 0 saturated carbocycles. The molecule has 12 heteroatoms. The molecule has 0 fully saturated rings. The van der Waals surface area contributed by atoms with Gasteiger partial charge in [0.25, 0.3) is 5.91 Å². The number of aliphatic carboxylic acids is 1. The normalized spacial score (nSPS) is 13.5. The molecule has 0 saturated heterocycles. The minimum absolute atomic E-state index is 0.0803. The van der Waals surface area contributed by atoms with Gasteiger partial charge in [-0.1, -0.05) is 0 Å². The Bertz CT molecular complexity index is 973. The summed E-state index contributed by atoms with van der Waals surface area (Å²) in [6.45, 7) is 0.807. The number of fused-ring (bicyclic) bond motifs is 3. The standard InChI is InChI=1S/C18H25N5O2.C2HF3O2/c1-21(2)10-13(24)11-23-17(18(25)22(3)4)15-6-5-12-9-19-8-7-14(12)16(15)20-23;3-2(4,5)1(6)7/h7-9,13,24H,5-6,10-11H2,1-4H3;(H,6,7). The highest BCUT2D eigenvalue weighted by molar-refractivity contribution is 5.96. The van der Waals surface area contributed by atoms with Crippen LogP contribution in [-0.4, -0.2) is 93.7 Å². The van der Waals surface area contributed by atoms with Crippen molar-refractivity contribution in [3.63, 3.8) is 0 Å². The van der Waals surface area contributed by atoms with E-state index >= 15 is 0 Å². The van der Waals surface area contributed by atoms with Crippen molar-refractivity contribution < 1.29 is 33.0 Å². The summed E-state index contributed by atoms with van der Waals surface area (Å²) in [4.78, 5) is 29.3. The first kappa shape index (κ1) is 25.3. The third kappa shape index (κ3) is 6.04. The fraction of sp³-hybridized carbons (Fsp3) is 0.500. The Kier molecular flexibility index (Phi) is 7.97. The van der Waals surface area contributed by atoms with Gasteiger partial charge in [0.05, 0.1) is 18.3 Å². The lowest BCUT2D eigenvalue weighted by Crippen LogP contribution is -2.32. The highest BCUT2D eigenvalue weighted by Gasteiger charge is 2.38. The van der Waals surface area contributed by atoms with Crippen LogP contribution in [0.2, 0.25) is 0 Å². The van der Waals surface area contributed by atoms with Gasteiger partial charge in [0.2, 0.25) is 0 Å². The van der Waals surface area contributed by atoms with Gasteiger partial charge in [0.15, 0.2) is 0 Å². The monoisotopic (exact) mass is 457 g/mol. The van der Waals surface area contributed by atoms with Crippen LogP contribution in [0.4, 0.5) is 13.2 Å². The van der Waals surface area contributed by atoms with Crippen molar-refractivity contribution in [3.05, 3.63) is 35.3 Å². The number of nitrogens with zero attached hydrogens (tertiary/aromatic N) is 5. The molecule has 0 aromatic carbocycles. The second kappa shape index (κ2) is 10.1. The molecular weight excluding hydrogens is 431 g/mol. The van der Waals surface area contributed by atoms with Crippen molar-refractivity contribution in [2.24, 2.45) is 0 Å². The maximum Gasteiger partial charge on any atom is 0.490 e. The van der Waals surface area contributed by atoms with Crippen molar-refractivity contribution in [1.82, 2.24) is 24.6 Å². The summed E-state index contributed by atoms with van der Waals surface area (Å²) < 4.78 is 33.4. The van der Waals surface area contributed by atoms with Crippen LogP contribution in [0.3, 0.4) is 0 Å². The zero-order valence-electron chi connectivity index (χ0n) is 18.2. The highest BCUT2D eigenvalue weighted by atomic mass is 19.4. The number of halogens is 3. The molecule has 0 spiro atoms. The number of alkyl halides is 3. The molecule has 1 aliphatic carbocycles. The predicted molar refractivity (Wildman–Crippen MR) is 109 cm³/mol. The fourth-order valence-corrected chi connectivity index (χ4v) is 3.33. The Balaban J connectivity index is 0.000000451. The Morgan fingerprint density at radius 3 is 2.38 bits per heavy atom. The fourth-order valence-electron chi connectivity index (χ4n) is 3.33. The lowest BCUT2D eigenvalue weighted by molar-refractivity contribution is -0.192. The molecule has 32 heavy (non-hydrogen) atoms. The number of carbonyl (C=O) groups is 2. The topological polar surface area (TPSA) is 112 Å². The summed E-state index contributed by atoms with van der Waals surface area (Å²) in [7, 11) is 7.30. The number of aryl methyl sites for hydroxylation is 1. The maximum absolute atomic E-state index is 12.8. The van der Waals surface area contributed by atoms with Crippen LogP contribution >= 0.6 is 0 Å². The van der Waals surface area contributed by atoms with Crippen LogP contribution in [0.5, 0.6) is 0 Å². The Labute approximate surface area is 183 Å². The molecule has 2 N–H and O–H groups in total. The average Bonchev–Trinajstić information content (AvgIpc) is 3.04. The van der Waals surface area contributed by atoms with Gasteiger partial charge in [-0.3, -0.25) is 14.5 Å². The Hall–Kier alpha value is -2.99. The number of carboxylic acids is 1. The molecule has 1 amide bonds. The lowest BCUT2D eigenvalue weighted by atomic mass is 9.90. The molecule has 1 atom stereocenters. The number of amides is 1. The number of pyridine rings is 1. The molecule has 1 unspecified atom stereocenters. The third-order valence-electron chi connectivity index (χ3n) is 4.66. The largest absolute Gasteiger partial charge is 0.490 e. The number of aliphatic hydroxyl groups is 1. The number of aliphatic hydroxyl groups excluding tert-OH is 1. The highest BCUT2D eigenvalue weighted by Crippen LogP contribution is 2.34. The van der Waals surface area contributed by atoms with E-state index in [0.717, 1.165) is 35.2 Å². The van der Waals surface area contributed by atoms with Crippen LogP contribution < -0.4 is 0 Å². The Morgan fingerprint density at radius 2 is 1.84 bits per heavy atom. The van der Waals surface area contributed by atoms with Crippen molar-refractivity contribution in [2.45, 2.75) is 31.7 Å². The van der Waals surface area contributed by atoms with E-state index in [1.54, 1.807) is 29.9 Å². The maximum atomic E-state index is 12.8. The number of rotatable bonds is 5. The molecule has 2 aromatic heterocycles. The molecular formula is C20H26F3N5O4. The molecule has 0 bridgehead atoms. The average molecular weight is 457 g/mol. The number of aromatic nitrogens is 3. The van der Waals surface area contributed by atoms with Crippen LogP contribution in [0.1, 0.15) is 21.6 Å². The third-order valence-corrected chi connectivity index (χ3v) is 4.66. The van der Waals surface area contributed by atoms with E-state index in [9.17, 15) is 23.1 Å². The van der Waals surface area contributed by atoms with E-state index in [1.807, 2.05) is 31.3 Å². The summed E-state index contributed by atoms with van der Waals surface area (Å²) in [5.74, 6) is -2.84. The first-order chi connectivity index (χ1) is 14.8. The zero-order valence-corrected chi connectivity index (χ0v) is 18.2. The number of carbonyl (C=O) groups excluding carboxylic acids is 1. The summed E-state index contributed by atoms with van der Waals surface area (Å²) >= 11 is 0. The molecule has 1 aliphatic rings. The smallest absolute Gasteiger partial charge is 0.475 e. The van der Waals surface area contributed by atoms with E-state index in [2.05, 4.69) is 4.98 Å². The lowest BCUT2D eigenvalue weighted by Gasteiger charge is -2.19. The van der Waals surface area contributed by atoms with Gasteiger partial charge in [-0.05, 0) is 38.6 Å². The van der Waals surface area contributed by atoms with Crippen LogP contribution in [0.15, 0.2) is 18.5 Å². The second-order valence-corrected chi connectivity index (χ2v) is 7.81. The Morgan fingerprint density at radius 1 is 1.22 bits per heavy atom. The van der Waals surface area contributed by atoms with Gasteiger partial charge in [-0.25, -0.2) is 4.79 Å². The molecule has 2 heterocycles. The van der Waals surface area contributed by atoms with Gasteiger partial charge < -0.3 is 20.0 Å². The molecule has 9 nitrogen and oxygen atoms in total. The van der Waals surface area contributed by atoms with Gasteiger partial charge >= 0.3 is 12.1 Å². The zero-order chi connectivity index (χ0) is 24.2. The van der Waals surface area contributed by atoms with Crippen LogP contribution in [0, 0.1) is 0 Å². The van der Waals surface area contributed by atoms with Crippen LogP contribution in [-0.2, 0) is 24.2 Å². The molecule has 0 aliphatic heterocycles. The molecule has 176 valence electrons. The van der Waals surface area contributed by atoms with Crippen molar-refractivity contribution in [3.8, 4) is 11.3 Å². The van der Waals surface area contributed by atoms with Crippen molar-refractivity contribution in [1.29, 1.82) is 0 Å². The van der Waals surface area contributed by atoms with E-state index in [0.29, 0.717) is 18.8 Å². The minimum Gasteiger partial charge on any atom is -0.475 e. The predicted octanol–water partition coefficient (Wildman–Crippen LogP) is 1.30. The second-order valence-electron chi connectivity index (χ2n) is 7.81. The minimum atomic E-state index is -5.08. The summed E-state index contributed by atoms with van der Waals surface area (Å²) in [6, 6.07) is 1.95. The van der Waals surface area contributed by atoms with E-state index < -0.39 is 18.2 Å². The quantitative estimate of drug-likeness (QED) is 0.696. The van der Waals surface area contributed by atoms with Crippen molar-refractivity contribution in [2.75, 3.05) is 34.7 Å².